The molecule has 0 fully saturated rings. The van der Waals surface area contributed by atoms with E-state index in [1.807, 2.05) is 40.9 Å². The Balaban J connectivity index is 1.96. The van der Waals surface area contributed by atoms with Gasteiger partial charge in [-0.1, -0.05) is 12.1 Å². The number of carboxylic acids is 1. The number of ether oxygens (including phenoxy) is 1. The first kappa shape index (κ1) is 15.8. The molecule has 7 nitrogen and oxygen atoms in total. The van der Waals surface area contributed by atoms with Gasteiger partial charge in [0.15, 0.2) is 0 Å². The highest BCUT2D eigenvalue weighted by Gasteiger charge is 2.15. The number of carboxylic acid groups (broad SMARTS) is 1. The van der Waals surface area contributed by atoms with Crippen molar-refractivity contribution in [3.63, 3.8) is 0 Å². The molecule has 7 heteroatoms. The largest absolute Gasteiger partial charge is 0.481 e. The highest BCUT2D eigenvalue weighted by molar-refractivity contribution is 5.74. The molecule has 124 valence electrons. The van der Waals surface area contributed by atoms with Crippen LogP contribution in [0.25, 0.3) is 17.0 Å². The van der Waals surface area contributed by atoms with Crippen molar-refractivity contribution in [3.8, 4) is 17.3 Å². The molecular formula is C17H18N4O3. The van der Waals surface area contributed by atoms with Gasteiger partial charge >= 0.3 is 5.97 Å². The van der Waals surface area contributed by atoms with E-state index in [0.29, 0.717) is 30.2 Å². The summed E-state index contributed by atoms with van der Waals surface area (Å²) < 4.78 is 7.11. The Morgan fingerprint density at radius 3 is 2.92 bits per heavy atom. The fourth-order valence-corrected chi connectivity index (χ4v) is 2.45. The summed E-state index contributed by atoms with van der Waals surface area (Å²) in [5, 5.41) is 12.0. The van der Waals surface area contributed by atoms with Crippen LogP contribution in [0.4, 0.5) is 5.82 Å². The molecule has 0 atom stereocenters. The Morgan fingerprint density at radius 2 is 2.12 bits per heavy atom. The third kappa shape index (κ3) is 3.29. The molecule has 0 aliphatic carbocycles. The van der Waals surface area contributed by atoms with E-state index < -0.39 is 5.97 Å². The molecule has 0 unspecified atom stereocenters. The lowest BCUT2D eigenvalue weighted by atomic mass is 10.2. The Kier molecular flexibility index (Phi) is 4.60. The number of pyridine rings is 2. The van der Waals surface area contributed by atoms with E-state index in [2.05, 4.69) is 15.3 Å². The lowest BCUT2D eigenvalue weighted by Gasteiger charge is -2.08. The number of carbonyl (C=O) groups is 1. The molecule has 0 saturated carbocycles. The van der Waals surface area contributed by atoms with Gasteiger partial charge in [0.2, 0.25) is 5.88 Å². The second-order valence-corrected chi connectivity index (χ2v) is 5.23. The Morgan fingerprint density at radius 1 is 1.25 bits per heavy atom. The number of nitrogens with zero attached hydrogens (tertiary/aromatic N) is 3. The zero-order valence-electron chi connectivity index (χ0n) is 13.3. The van der Waals surface area contributed by atoms with Crippen LogP contribution in [0.3, 0.4) is 0 Å². The van der Waals surface area contributed by atoms with E-state index in [9.17, 15) is 4.79 Å². The first-order chi connectivity index (χ1) is 11.7. The summed E-state index contributed by atoms with van der Waals surface area (Å²) in [5.74, 6) is 0.503. The summed E-state index contributed by atoms with van der Waals surface area (Å²) in [5.41, 5.74) is 2.19. The van der Waals surface area contributed by atoms with E-state index >= 15 is 0 Å². The first-order valence-corrected chi connectivity index (χ1v) is 7.63. The third-order valence-corrected chi connectivity index (χ3v) is 3.57. The van der Waals surface area contributed by atoms with E-state index in [-0.39, 0.29) is 6.42 Å². The molecule has 3 heterocycles. The minimum atomic E-state index is -0.801. The molecule has 0 amide bonds. The minimum absolute atomic E-state index is 0.122. The van der Waals surface area contributed by atoms with Crippen LogP contribution in [0.5, 0.6) is 5.88 Å². The first-order valence-electron chi connectivity index (χ1n) is 7.63. The fraction of sp³-hybridized carbons (Fsp3) is 0.235. The second kappa shape index (κ2) is 6.99. The highest BCUT2D eigenvalue weighted by atomic mass is 16.5. The molecule has 3 aromatic heterocycles. The van der Waals surface area contributed by atoms with Gasteiger partial charge in [0.1, 0.15) is 17.2 Å². The maximum absolute atomic E-state index is 10.7. The zero-order chi connectivity index (χ0) is 16.9. The van der Waals surface area contributed by atoms with E-state index in [0.717, 1.165) is 11.5 Å². The standard InChI is InChI=1S/C17H18N4O3/c1-24-14-8-4-6-12(19-14)16-17(18-10-5-9-15(22)23)21-11-3-2-7-13(21)20-16/h2-4,6-8,11,18H,5,9-10H2,1H3,(H,22,23). The minimum Gasteiger partial charge on any atom is -0.481 e. The van der Waals surface area contributed by atoms with Crippen LogP contribution >= 0.6 is 0 Å². The van der Waals surface area contributed by atoms with Crippen LogP contribution in [0.1, 0.15) is 12.8 Å². The number of methoxy groups -OCH3 is 1. The fourth-order valence-electron chi connectivity index (χ4n) is 2.45. The maximum atomic E-state index is 10.7. The van der Waals surface area contributed by atoms with Crippen LogP contribution in [-0.4, -0.2) is 39.1 Å². The number of nitrogens with one attached hydrogen (secondary N) is 1. The van der Waals surface area contributed by atoms with Crippen LogP contribution < -0.4 is 10.1 Å². The number of rotatable bonds is 7. The predicted octanol–water partition coefficient (Wildman–Crippen LogP) is 2.68. The topological polar surface area (TPSA) is 88.8 Å². The molecule has 0 radical (unpaired) electrons. The second-order valence-electron chi connectivity index (χ2n) is 5.23. The van der Waals surface area contributed by atoms with Crippen molar-refractivity contribution in [3.05, 3.63) is 42.6 Å². The Labute approximate surface area is 138 Å². The molecular weight excluding hydrogens is 308 g/mol. The van der Waals surface area contributed by atoms with Gasteiger partial charge in [-0.05, 0) is 24.6 Å². The van der Waals surface area contributed by atoms with Gasteiger partial charge in [-0.25, -0.2) is 9.97 Å². The quantitative estimate of drug-likeness (QED) is 0.649. The zero-order valence-corrected chi connectivity index (χ0v) is 13.3. The van der Waals surface area contributed by atoms with Gasteiger partial charge in [-0.3, -0.25) is 9.20 Å². The van der Waals surface area contributed by atoms with Crippen molar-refractivity contribution in [2.75, 3.05) is 19.0 Å². The smallest absolute Gasteiger partial charge is 0.303 e. The molecule has 0 aliphatic heterocycles. The van der Waals surface area contributed by atoms with Crippen molar-refractivity contribution in [1.82, 2.24) is 14.4 Å². The van der Waals surface area contributed by atoms with Crippen molar-refractivity contribution in [2.24, 2.45) is 0 Å². The summed E-state index contributed by atoms with van der Waals surface area (Å²) in [6.45, 7) is 0.534. The summed E-state index contributed by atoms with van der Waals surface area (Å²) >= 11 is 0. The number of anilines is 1. The van der Waals surface area contributed by atoms with E-state index in [1.165, 1.54) is 0 Å². The van der Waals surface area contributed by atoms with Gasteiger partial charge in [0, 0.05) is 25.2 Å². The number of fused-ring (bicyclic) bond motifs is 1. The van der Waals surface area contributed by atoms with Gasteiger partial charge in [-0.15, -0.1) is 0 Å². The molecule has 3 rings (SSSR count). The third-order valence-electron chi connectivity index (χ3n) is 3.57. The molecule has 24 heavy (non-hydrogen) atoms. The number of hydrogen-bond donors (Lipinski definition) is 2. The normalized spacial score (nSPS) is 10.7. The molecule has 3 aromatic rings. The van der Waals surface area contributed by atoms with Crippen LogP contribution in [0.15, 0.2) is 42.6 Å². The summed E-state index contributed by atoms with van der Waals surface area (Å²) in [4.78, 5) is 19.7. The predicted molar refractivity (Wildman–Crippen MR) is 90.3 cm³/mol. The molecule has 0 spiro atoms. The number of imidazole rings is 1. The van der Waals surface area contributed by atoms with Crippen molar-refractivity contribution in [1.29, 1.82) is 0 Å². The molecule has 0 saturated heterocycles. The summed E-state index contributed by atoms with van der Waals surface area (Å²) in [6.07, 6.45) is 2.56. The summed E-state index contributed by atoms with van der Waals surface area (Å²) in [7, 11) is 1.57. The van der Waals surface area contributed by atoms with E-state index in [1.54, 1.807) is 13.2 Å². The number of aromatic nitrogens is 3. The number of aliphatic carboxylic acids is 1. The Hall–Kier alpha value is -3.09. The van der Waals surface area contributed by atoms with Crippen molar-refractivity contribution >= 4 is 17.4 Å². The number of hydrogen-bond acceptors (Lipinski definition) is 5. The van der Waals surface area contributed by atoms with Gasteiger partial charge in [-0.2, -0.15) is 0 Å². The van der Waals surface area contributed by atoms with Crippen LogP contribution in [-0.2, 0) is 4.79 Å². The molecule has 0 aliphatic rings. The van der Waals surface area contributed by atoms with E-state index in [4.69, 9.17) is 9.84 Å². The van der Waals surface area contributed by atoms with Crippen LogP contribution in [0, 0.1) is 0 Å². The molecule has 0 bridgehead atoms. The highest BCUT2D eigenvalue weighted by Crippen LogP contribution is 2.28. The van der Waals surface area contributed by atoms with Gasteiger partial charge in [0.25, 0.3) is 0 Å². The lowest BCUT2D eigenvalue weighted by molar-refractivity contribution is -0.137. The van der Waals surface area contributed by atoms with Gasteiger partial charge < -0.3 is 15.2 Å². The van der Waals surface area contributed by atoms with Gasteiger partial charge in [0.05, 0.1) is 12.8 Å². The monoisotopic (exact) mass is 326 g/mol. The maximum Gasteiger partial charge on any atom is 0.303 e. The van der Waals surface area contributed by atoms with Crippen LogP contribution in [0.2, 0.25) is 0 Å². The van der Waals surface area contributed by atoms with Crippen molar-refractivity contribution in [2.45, 2.75) is 12.8 Å². The summed E-state index contributed by atoms with van der Waals surface area (Å²) in [6, 6.07) is 11.2. The average molecular weight is 326 g/mol. The molecule has 0 aromatic carbocycles. The lowest BCUT2D eigenvalue weighted by Crippen LogP contribution is -2.07. The van der Waals surface area contributed by atoms with Crippen molar-refractivity contribution < 1.29 is 14.6 Å². The Bertz CT molecular complexity index is 860. The average Bonchev–Trinajstić information content (AvgIpc) is 2.97. The molecule has 2 N–H and O–H groups in total. The SMILES string of the molecule is COc1cccc(-c2nc3ccccn3c2NCCCC(=O)O)n1.